The van der Waals surface area contributed by atoms with E-state index in [1.807, 2.05) is 29.1 Å². The molecule has 40 heavy (non-hydrogen) atoms. The summed E-state index contributed by atoms with van der Waals surface area (Å²) in [6, 6.07) is 22.1. The zero-order valence-corrected chi connectivity index (χ0v) is 22.6. The molecule has 1 heterocycles. The molecule has 0 fully saturated rings. The third-order valence-electron chi connectivity index (χ3n) is 8.47. The SMILES string of the molecule is C[C@@H]1C2=C(CC[C@@H]2CC(NC(=O)N(C)c2ccc(F)cc2)c2ccccc2)Cc2c1cnn2-c1ccc(F)cc1. The lowest BCUT2D eigenvalue weighted by atomic mass is 9.78. The molecular formula is C33H32F2N4O. The second-order valence-electron chi connectivity index (χ2n) is 10.8. The van der Waals surface area contributed by atoms with Gasteiger partial charge in [0.25, 0.3) is 0 Å². The van der Waals surface area contributed by atoms with Gasteiger partial charge in [0.2, 0.25) is 0 Å². The van der Waals surface area contributed by atoms with Gasteiger partial charge in [0, 0.05) is 30.6 Å². The Morgan fingerprint density at radius 2 is 1.70 bits per heavy atom. The summed E-state index contributed by atoms with van der Waals surface area (Å²) in [6.45, 7) is 2.25. The van der Waals surface area contributed by atoms with E-state index in [9.17, 15) is 13.6 Å². The molecule has 0 aliphatic heterocycles. The van der Waals surface area contributed by atoms with Crippen LogP contribution in [0, 0.1) is 17.6 Å². The molecule has 1 aromatic heterocycles. The van der Waals surface area contributed by atoms with E-state index in [1.54, 1.807) is 31.3 Å². The predicted molar refractivity (Wildman–Crippen MR) is 153 cm³/mol. The van der Waals surface area contributed by atoms with Gasteiger partial charge in [-0.3, -0.25) is 4.90 Å². The Morgan fingerprint density at radius 3 is 2.40 bits per heavy atom. The van der Waals surface area contributed by atoms with Crippen LogP contribution in [0.1, 0.15) is 55.0 Å². The van der Waals surface area contributed by atoms with Crippen molar-refractivity contribution in [3.63, 3.8) is 0 Å². The fourth-order valence-corrected chi connectivity index (χ4v) is 6.41. The van der Waals surface area contributed by atoms with Crippen molar-refractivity contribution in [1.29, 1.82) is 0 Å². The smallest absolute Gasteiger partial charge is 0.322 e. The fraction of sp³-hybridized carbons (Fsp3) is 0.273. The largest absolute Gasteiger partial charge is 0.331 e. The topological polar surface area (TPSA) is 50.2 Å². The molecule has 2 amide bonds. The summed E-state index contributed by atoms with van der Waals surface area (Å²) in [7, 11) is 1.70. The molecule has 0 saturated heterocycles. The number of hydrogen-bond donors (Lipinski definition) is 1. The molecule has 5 nitrogen and oxygen atoms in total. The van der Waals surface area contributed by atoms with E-state index in [-0.39, 0.29) is 29.6 Å². The number of fused-ring (bicyclic) bond motifs is 1. The number of carbonyl (C=O) groups is 1. The van der Waals surface area contributed by atoms with E-state index >= 15 is 0 Å². The highest BCUT2D eigenvalue weighted by molar-refractivity contribution is 5.91. The van der Waals surface area contributed by atoms with Gasteiger partial charge in [-0.05, 0) is 79.3 Å². The first-order chi connectivity index (χ1) is 19.4. The molecule has 2 aliphatic carbocycles. The number of amides is 2. The third-order valence-corrected chi connectivity index (χ3v) is 8.47. The molecule has 0 saturated carbocycles. The van der Waals surface area contributed by atoms with Crippen molar-refractivity contribution >= 4 is 11.7 Å². The monoisotopic (exact) mass is 538 g/mol. The van der Waals surface area contributed by atoms with Crippen LogP contribution in [0.3, 0.4) is 0 Å². The lowest BCUT2D eigenvalue weighted by Crippen LogP contribution is -2.40. The molecule has 4 aromatic rings. The van der Waals surface area contributed by atoms with E-state index in [2.05, 4.69) is 29.5 Å². The number of nitrogens with one attached hydrogen (secondary N) is 1. The molecule has 3 atom stereocenters. The average molecular weight is 539 g/mol. The molecule has 204 valence electrons. The van der Waals surface area contributed by atoms with Gasteiger partial charge < -0.3 is 5.32 Å². The number of carbonyl (C=O) groups excluding carboxylic acids is 1. The van der Waals surface area contributed by atoms with Crippen molar-refractivity contribution in [2.75, 3.05) is 11.9 Å². The summed E-state index contributed by atoms with van der Waals surface area (Å²) in [5.74, 6) is -0.0490. The highest BCUT2D eigenvalue weighted by atomic mass is 19.1. The second kappa shape index (κ2) is 10.7. The van der Waals surface area contributed by atoms with E-state index in [0.717, 1.165) is 36.9 Å². The summed E-state index contributed by atoms with van der Waals surface area (Å²) in [5.41, 5.74) is 7.86. The summed E-state index contributed by atoms with van der Waals surface area (Å²) in [5, 5.41) is 7.94. The molecule has 0 radical (unpaired) electrons. The number of allylic oxidation sites excluding steroid dienone is 2. The van der Waals surface area contributed by atoms with Crippen molar-refractivity contribution in [2.45, 2.75) is 44.6 Å². The van der Waals surface area contributed by atoms with E-state index in [4.69, 9.17) is 0 Å². The van der Waals surface area contributed by atoms with Crippen molar-refractivity contribution in [3.8, 4) is 5.69 Å². The van der Waals surface area contributed by atoms with Gasteiger partial charge in [0.05, 0.1) is 23.6 Å². The molecule has 1 N–H and O–H groups in total. The quantitative estimate of drug-likeness (QED) is 0.259. The van der Waals surface area contributed by atoms with E-state index in [0.29, 0.717) is 11.6 Å². The van der Waals surface area contributed by atoms with Crippen molar-refractivity contribution in [3.05, 3.63) is 125 Å². The first kappa shape index (κ1) is 26.0. The molecule has 0 spiro atoms. The van der Waals surface area contributed by atoms with Gasteiger partial charge >= 0.3 is 6.03 Å². The van der Waals surface area contributed by atoms with E-state index < -0.39 is 0 Å². The first-order valence-corrected chi connectivity index (χ1v) is 13.8. The van der Waals surface area contributed by atoms with Crippen LogP contribution in [0.15, 0.2) is 96.2 Å². The summed E-state index contributed by atoms with van der Waals surface area (Å²) >= 11 is 0. The van der Waals surface area contributed by atoms with Crippen LogP contribution < -0.4 is 10.2 Å². The van der Waals surface area contributed by atoms with Crippen molar-refractivity contribution < 1.29 is 13.6 Å². The maximum Gasteiger partial charge on any atom is 0.322 e. The molecule has 7 heteroatoms. The Balaban J connectivity index is 1.24. The molecule has 1 unspecified atom stereocenters. The Kier molecular flexibility index (Phi) is 6.96. The minimum absolute atomic E-state index is 0.177. The first-order valence-electron chi connectivity index (χ1n) is 13.8. The van der Waals surface area contributed by atoms with Gasteiger partial charge in [-0.1, -0.05) is 48.4 Å². The minimum Gasteiger partial charge on any atom is -0.331 e. The average Bonchev–Trinajstić information content (AvgIpc) is 3.58. The van der Waals surface area contributed by atoms with Crippen LogP contribution in [0.5, 0.6) is 0 Å². The standard InChI is InChI=1S/C33H32F2N4O/c1-21-29-20-36-39(28-16-12-26(35)13-17-28)31(29)19-24-9-8-23(32(21)24)18-30(22-6-4-3-5-7-22)37-33(40)38(2)27-14-10-25(34)11-15-27/h3-7,10-17,20-21,23,30H,8-9,18-19H2,1-2H3,(H,37,40)/t21-,23+,30?/m0/s1. The lowest BCUT2D eigenvalue weighted by molar-refractivity contribution is 0.241. The zero-order chi connectivity index (χ0) is 27.8. The summed E-state index contributed by atoms with van der Waals surface area (Å²) in [6.07, 6.45) is 5.63. The van der Waals surface area contributed by atoms with Crippen molar-refractivity contribution in [2.24, 2.45) is 5.92 Å². The number of benzene rings is 3. The van der Waals surface area contributed by atoms with Crippen LogP contribution in [-0.4, -0.2) is 22.9 Å². The van der Waals surface area contributed by atoms with Gasteiger partial charge in [0.15, 0.2) is 0 Å². The maximum absolute atomic E-state index is 13.5. The Bertz CT molecular complexity index is 1540. The number of halogens is 2. The van der Waals surface area contributed by atoms with Crippen LogP contribution in [0.4, 0.5) is 19.3 Å². The van der Waals surface area contributed by atoms with E-state index in [1.165, 1.54) is 51.6 Å². The van der Waals surface area contributed by atoms with Gasteiger partial charge in [-0.2, -0.15) is 5.10 Å². The number of anilines is 1. The predicted octanol–water partition coefficient (Wildman–Crippen LogP) is 7.49. The lowest BCUT2D eigenvalue weighted by Gasteiger charge is -2.30. The number of urea groups is 1. The maximum atomic E-state index is 13.5. The summed E-state index contributed by atoms with van der Waals surface area (Å²) < 4.78 is 28.9. The minimum atomic E-state index is -0.335. The molecule has 0 bridgehead atoms. The number of nitrogens with zero attached hydrogens (tertiary/aromatic N) is 3. The Labute approximate surface area is 233 Å². The molecule has 2 aliphatic rings. The highest BCUT2D eigenvalue weighted by Crippen LogP contribution is 2.49. The molecular weight excluding hydrogens is 506 g/mol. The van der Waals surface area contributed by atoms with Crippen LogP contribution in [0.25, 0.3) is 5.69 Å². The van der Waals surface area contributed by atoms with Crippen LogP contribution >= 0.6 is 0 Å². The fourth-order valence-electron chi connectivity index (χ4n) is 6.41. The van der Waals surface area contributed by atoms with Gasteiger partial charge in [-0.15, -0.1) is 0 Å². The molecule has 6 rings (SSSR count). The van der Waals surface area contributed by atoms with Crippen molar-refractivity contribution in [1.82, 2.24) is 15.1 Å². The normalized spacial score (nSPS) is 18.7. The Hall–Kier alpha value is -4.26. The number of rotatable bonds is 6. The zero-order valence-electron chi connectivity index (χ0n) is 22.6. The second-order valence-corrected chi connectivity index (χ2v) is 10.8. The molecule has 3 aromatic carbocycles. The van der Waals surface area contributed by atoms with Crippen LogP contribution in [-0.2, 0) is 6.42 Å². The third kappa shape index (κ3) is 4.92. The Morgan fingerprint density at radius 1 is 1.02 bits per heavy atom. The van der Waals surface area contributed by atoms with Gasteiger partial charge in [-0.25, -0.2) is 18.3 Å². The number of aromatic nitrogens is 2. The van der Waals surface area contributed by atoms with Crippen LogP contribution in [0.2, 0.25) is 0 Å². The summed E-state index contributed by atoms with van der Waals surface area (Å²) in [4.78, 5) is 14.9. The van der Waals surface area contributed by atoms with Gasteiger partial charge in [0.1, 0.15) is 11.6 Å². The number of hydrogen-bond acceptors (Lipinski definition) is 2. The highest BCUT2D eigenvalue weighted by Gasteiger charge is 2.37.